The number of sulfonamides is 1. The lowest BCUT2D eigenvalue weighted by Gasteiger charge is -2.35. The normalized spacial score (nSPS) is 22.5. The summed E-state index contributed by atoms with van der Waals surface area (Å²) in [7, 11) is -3.64. The molecule has 4 rings (SSSR count). The zero-order valence-corrected chi connectivity index (χ0v) is 17.9. The van der Waals surface area contributed by atoms with Crippen LogP contribution >= 0.6 is 11.6 Å². The minimum atomic E-state index is -3.64. The molecular weight excluding hydrogens is 432 g/mol. The average molecular weight is 455 g/mol. The molecule has 0 atom stereocenters. The first-order valence-corrected chi connectivity index (χ1v) is 11.8. The molecule has 1 aromatic carbocycles. The van der Waals surface area contributed by atoms with Crippen LogP contribution in [0.25, 0.3) is 0 Å². The molecule has 2 aliphatic heterocycles. The van der Waals surface area contributed by atoms with Crippen LogP contribution in [0.3, 0.4) is 0 Å². The van der Waals surface area contributed by atoms with E-state index >= 15 is 0 Å². The predicted octanol–water partition coefficient (Wildman–Crippen LogP) is 1.34. The van der Waals surface area contributed by atoms with Crippen molar-refractivity contribution in [2.24, 2.45) is 0 Å². The van der Waals surface area contributed by atoms with Crippen LogP contribution in [0.2, 0.25) is 5.02 Å². The highest BCUT2D eigenvalue weighted by Crippen LogP contribution is 2.28. The Morgan fingerprint density at radius 3 is 2.10 bits per heavy atom. The minimum Gasteiger partial charge on any atom is -0.283 e. The van der Waals surface area contributed by atoms with Gasteiger partial charge in [-0.05, 0) is 37.1 Å². The highest BCUT2D eigenvalue weighted by atomic mass is 35.5. The number of halogens is 1. The van der Waals surface area contributed by atoms with Crippen LogP contribution in [-0.4, -0.2) is 84.2 Å². The van der Waals surface area contributed by atoms with Gasteiger partial charge < -0.3 is 0 Å². The van der Waals surface area contributed by atoms with E-state index in [2.05, 4.69) is 0 Å². The molecule has 2 saturated heterocycles. The van der Waals surface area contributed by atoms with Crippen molar-refractivity contribution in [2.75, 3.05) is 32.8 Å². The van der Waals surface area contributed by atoms with Crippen molar-refractivity contribution in [3.63, 3.8) is 0 Å². The van der Waals surface area contributed by atoms with Gasteiger partial charge in [-0.15, -0.1) is 0 Å². The molecule has 0 bridgehead atoms. The Labute approximate surface area is 180 Å². The Morgan fingerprint density at radius 2 is 1.50 bits per heavy atom. The Kier molecular flexibility index (Phi) is 5.84. The molecule has 1 aromatic rings. The van der Waals surface area contributed by atoms with Gasteiger partial charge in [0.2, 0.25) is 10.0 Å². The van der Waals surface area contributed by atoms with Crippen LogP contribution in [-0.2, 0) is 19.6 Å². The third-order valence-electron chi connectivity index (χ3n) is 5.90. The summed E-state index contributed by atoms with van der Waals surface area (Å²) in [5, 5.41) is 0.458. The fraction of sp³-hybridized carbons (Fsp3) is 0.526. The quantitative estimate of drug-likeness (QED) is 0.492. The molecule has 1 aliphatic carbocycles. The average Bonchev–Trinajstić information content (AvgIpc) is 3.32. The maximum absolute atomic E-state index is 12.8. The molecule has 9 nitrogen and oxygen atoms in total. The van der Waals surface area contributed by atoms with E-state index < -0.39 is 27.9 Å². The molecule has 2 heterocycles. The lowest BCUT2D eigenvalue weighted by molar-refractivity contribution is -0.144. The van der Waals surface area contributed by atoms with Crippen molar-refractivity contribution < 1.29 is 22.8 Å². The number of carbonyl (C=O) groups excluding carboxylic acids is 3. The van der Waals surface area contributed by atoms with Gasteiger partial charge in [-0.3, -0.25) is 19.4 Å². The van der Waals surface area contributed by atoms with E-state index in [4.69, 9.17) is 11.6 Å². The number of hydrogen-bond acceptors (Lipinski definition) is 6. The zero-order chi connectivity index (χ0) is 21.5. The molecule has 0 N–H and O–H groups in total. The second kappa shape index (κ2) is 8.26. The minimum absolute atomic E-state index is 0.0124. The summed E-state index contributed by atoms with van der Waals surface area (Å²) in [6, 6.07) is 5.24. The van der Waals surface area contributed by atoms with Crippen molar-refractivity contribution in [3.05, 3.63) is 29.3 Å². The molecule has 30 heavy (non-hydrogen) atoms. The third kappa shape index (κ3) is 3.84. The van der Waals surface area contributed by atoms with Gasteiger partial charge in [0.25, 0.3) is 0 Å². The maximum atomic E-state index is 12.8. The number of imide groups is 2. The van der Waals surface area contributed by atoms with E-state index in [1.807, 2.05) is 4.90 Å². The van der Waals surface area contributed by atoms with Gasteiger partial charge in [-0.1, -0.05) is 24.4 Å². The summed E-state index contributed by atoms with van der Waals surface area (Å²) in [4.78, 5) is 41.4. The molecule has 0 spiro atoms. The molecule has 4 amide bonds. The van der Waals surface area contributed by atoms with Gasteiger partial charge in [-0.2, -0.15) is 4.31 Å². The third-order valence-corrected chi connectivity index (χ3v) is 8.06. The molecule has 1 saturated carbocycles. The zero-order valence-electron chi connectivity index (χ0n) is 16.4. The summed E-state index contributed by atoms with van der Waals surface area (Å²) < 4.78 is 26.9. The number of hydrogen-bond donors (Lipinski definition) is 0. The Morgan fingerprint density at radius 1 is 0.900 bits per heavy atom. The number of benzene rings is 1. The van der Waals surface area contributed by atoms with Crippen LogP contribution in [0.4, 0.5) is 4.79 Å². The van der Waals surface area contributed by atoms with Crippen molar-refractivity contribution >= 4 is 39.5 Å². The first kappa shape index (κ1) is 21.2. The predicted molar refractivity (Wildman–Crippen MR) is 108 cm³/mol. The summed E-state index contributed by atoms with van der Waals surface area (Å²) in [5.41, 5.74) is 0. The number of rotatable bonds is 5. The second-order valence-corrected chi connectivity index (χ2v) is 10.1. The number of nitrogens with zero attached hydrogens (tertiary/aromatic N) is 4. The fourth-order valence-corrected chi connectivity index (χ4v) is 5.75. The molecule has 0 aromatic heterocycles. The van der Waals surface area contributed by atoms with Gasteiger partial charge in [0, 0.05) is 37.2 Å². The fourth-order valence-electron chi connectivity index (χ4n) is 4.20. The van der Waals surface area contributed by atoms with Crippen LogP contribution in [0.1, 0.15) is 25.7 Å². The van der Waals surface area contributed by atoms with E-state index in [1.165, 1.54) is 28.6 Å². The van der Waals surface area contributed by atoms with Crippen molar-refractivity contribution in [3.8, 4) is 0 Å². The number of urea groups is 1. The summed E-state index contributed by atoms with van der Waals surface area (Å²) in [5.74, 6) is -1.56. The highest BCUT2D eigenvalue weighted by Gasteiger charge is 2.48. The smallest absolute Gasteiger partial charge is 0.283 e. The Balaban J connectivity index is 1.38. The van der Waals surface area contributed by atoms with Crippen LogP contribution in [0.5, 0.6) is 0 Å². The monoisotopic (exact) mass is 454 g/mol. The summed E-state index contributed by atoms with van der Waals surface area (Å²) >= 11 is 5.83. The lowest BCUT2D eigenvalue weighted by Crippen LogP contribution is -2.52. The van der Waals surface area contributed by atoms with Crippen molar-refractivity contribution in [1.29, 1.82) is 0 Å². The molecule has 3 fully saturated rings. The van der Waals surface area contributed by atoms with Crippen molar-refractivity contribution in [1.82, 2.24) is 19.0 Å². The Hall–Kier alpha value is -2.01. The largest absolute Gasteiger partial charge is 0.335 e. The lowest BCUT2D eigenvalue weighted by atomic mass is 10.2. The van der Waals surface area contributed by atoms with E-state index in [0.717, 1.165) is 35.5 Å². The summed E-state index contributed by atoms with van der Waals surface area (Å²) in [6.45, 7) is 1.13. The first-order chi connectivity index (χ1) is 14.3. The van der Waals surface area contributed by atoms with Crippen molar-refractivity contribution in [2.45, 2.75) is 36.6 Å². The standard InChI is InChI=1S/C19H23ClN4O5S/c20-14-5-7-16(8-6-14)30(28,29)22-11-9-21(10-12-22)13-23-17(25)18(26)24(19(23)27)15-3-1-2-4-15/h5-8,15H,1-4,9-13H2. The molecule has 0 radical (unpaired) electrons. The Bertz CT molecular complexity index is 954. The number of carbonyl (C=O) groups is 3. The van der Waals surface area contributed by atoms with E-state index in [9.17, 15) is 22.8 Å². The maximum Gasteiger partial charge on any atom is 0.335 e. The molecule has 162 valence electrons. The molecular formula is C19H23ClN4O5S. The highest BCUT2D eigenvalue weighted by molar-refractivity contribution is 7.89. The summed E-state index contributed by atoms with van der Waals surface area (Å²) in [6.07, 6.45) is 3.36. The van der Waals surface area contributed by atoms with Gasteiger partial charge in [0.1, 0.15) is 0 Å². The van der Waals surface area contributed by atoms with E-state index in [1.54, 1.807) is 0 Å². The molecule has 11 heteroatoms. The van der Waals surface area contributed by atoms with Crippen LogP contribution < -0.4 is 0 Å². The van der Waals surface area contributed by atoms with E-state index in [-0.39, 0.29) is 30.7 Å². The second-order valence-electron chi connectivity index (χ2n) is 7.75. The topological polar surface area (TPSA) is 98.3 Å². The first-order valence-electron chi connectivity index (χ1n) is 9.96. The number of piperazine rings is 1. The molecule has 0 unspecified atom stereocenters. The number of amides is 4. The van der Waals surface area contributed by atoms with Gasteiger partial charge in [0.15, 0.2) is 0 Å². The van der Waals surface area contributed by atoms with Gasteiger partial charge in [0.05, 0.1) is 11.6 Å². The molecule has 3 aliphatic rings. The SMILES string of the molecule is O=C1C(=O)N(C2CCCC2)C(=O)N1CN1CCN(S(=O)(=O)c2ccc(Cl)cc2)CC1. The van der Waals surface area contributed by atoms with E-state index in [0.29, 0.717) is 18.1 Å². The van der Waals surface area contributed by atoms with Crippen LogP contribution in [0.15, 0.2) is 29.2 Å². The van der Waals surface area contributed by atoms with Crippen LogP contribution in [0, 0.1) is 0 Å². The van der Waals surface area contributed by atoms with Gasteiger partial charge in [-0.25, -0.2) is 18.1 Å². The van der Waals surface area contributed by atoms with Gasteiger partial charge >= 0.3 is 17.8 Å².